The Morgan fingerprint density at radius 2 is 1.95 bits per heavy atom. The minimum absolute atomic E-state index is 0.114. The maximum absolute atomic E-state index is 12.6. The van der Waals surface area contributed by atoms with Gasteiger partial charge < -0.3 is 5.11 Å². The van der Waals surface area contributed by atoms with Gasteiger partial charge in [-0.25, -0.2) is 13.2 Å². The Labute approximate surface area is 124 Å². The molecule has 2 aliphatic rings. The van der Waals surface area contributed by atoms with Crippen molar-refractivity contribution in [2.45, 2.75) is 37.5 Å². The van der Waals surface area contributed by atoms with E-state index in [0.717, 1.165) is 25.7 Å². The van der Waals surface area contributed by atoms with Crippen LogP contribution in [0.4, 0.5) is 0 Å². The number of sulfonamides is 1. The molecule has 0 radical (unpaired) electrons. The molecule has 114 valence electrons. The van der Waals surface area contributed by atoms with E-state index in [2.05, 4.69) is 0 Å². The summed E-state index contributed by atoms with van der Waals surface area (Å²) < 4.78 is 26.9. The lowest BCUT2D eigenvalue weighted by molar-refractivity contribution is 0.0696. The van der Waals surface area contributed by atoms with E-state index >= 15 is 0 Å². The van der Waals surface area contributed by atoms with Crippen LogP contribution in [0.25, 0.3) is 0 Å². The van der Waals surface area contributed by atoms with Gasteiger partial charge in [0, 0.05) is 12.6 Å². The smallest absolute Gasteiger partial charge is 0.335 e. The molecule has 2 saturated carbocycles. The summed E-state index contributed by atoms with van der Waals surface area (Å²) in [5.74, 6) is -0.630. The van der Waals surface area contributed by atoms with Crippen LogP contribution in [0, 0.1) is 5.92 Å². The number of carbonyl (C=O) groups is 1. The Bertz CT molecular complexity index is 647. The highest BCUT2D eigenvalue weighted by atomic mass is 32.2. The molecule has 0 aliphatic heterocycles. The van der Waals surface area contributed by atoms with Gasteiger partial charge in [0.1, 0.15) is 0 Å². The quantitative estimate of drug-likeness (QED) is 0.837. The molecule has 21 heavy (non-hydrogen) atoms. The zero-order chi connectivity index (χ0) is 15.0. The van der Waals surface area contributed by atoms with Crippen LogP contribution in [-0.4, -0.2) is 36.4 Å². The molecule has 0 atom stereocenters. The maximum atomic E-state index is 12.6. The minimum atomic E-state index is -3.37. The highest BCUT2D eigenvalue weighted by Gasteiger charge is 2.40. The molecule has 0 amide bonds. The zero-order valence-corrected chi connectivity index (χ0v) is 12.6. The third-order valence-electron chi connectivity index (χ3n) is 3.97. The van der Waals surface area contributed by atoms with Crippen LogP contribution in [-0.2, 0) is 15.8 Å². The van der Waals surface area contributed by atoms with Crippen LogP contribution in [0.3, 0.4) is 0 Å². The number of benzene rings is 1. The Balaban J connectivity index is 1.77. The third-order valence-corrected chi connectivity index (χ3v) is 5.83. The van der Waals surface area contributed by atoms with Gasteiger partial charge in [-0.3, -0.25) is 0 Å². The van der Waals surface area contributed by atoms with Gasteiger partial charge in [-0.2, -0.15) is 4.31 Å². The average Bonchev–Trinajstić information content (AvgIpc) is 3.28. The number of rotatable bonds is 7. The second-order valence-electron chi connectivity index (χ2n) is 6.01. The van der Waals surface area contributed by atoms with Gasteiger partial charge in [0.05, 0.1) is 11.3 Å². The zero-order valence-electron chi connectivity index (χ0n) is 11.7. The van der Waals surface area contributed by atoms with Gasteiger partial charge in [0.15, 0.2) is 0 Å². The van der Waals surface area contributed by atoms with Crippen molar-refractivity contribution in [3.8, 4) is 0 Å². The fourth-order valence-corrected chi connectivity index (χ4v) is 4.36. The second-order valence-corrected chi connectivity index (χ2v) is 7.93. The van der Waals surface area contributed by atoms with Crippen molar-refractivity contribution in [1.29, 1.82) is 0 Å². The van der Waals surface area contributed by atoms with Gasteiger partial charge in [-0.1, -0.05) is 12.1 Å². The summed E-state index contributed by atoms with van der Waals surface area (Å²) in [6.45, 7) is 0.631. The molecular weight excluding hydrogens is 290 g/mol. The maximum Gasteiger partial charge on any atom is 0.335 e. The Kier molecular flexibility index (Phi) is 3.75. The highest BCUT2D eigenvalue weighted by Crippen LogP contribution is 2.37. The molecule has 6 heteroatoms. The SMILES string of the molecule is O=C(O)c1cccc(CS(=O)(=O)N(CC2CC2)C2CC2)c1. The lowest BCUT2D eigenvalue weighted by atomic mass is 10.1. The molecule has 1 N–H and O–H groups in total. The van der Waals surface area contributed by atoms with Gasteiger partial charge in [0.2, 0.25) is 10.0 Å². The van der Waals surface area contributed by atoms with Crippen LogP contribution in [0.15, 0.2) is 24.3 Å². The first-order valence-corrected chi connectivity index (χ1v) is 8.88. The molecule has 1 aromatic carbocycles. The first-order chi connectivity index (χ1) is 9.95. The second kappa shape index (κ2) is 5.42. The van der Waals surface area contributed by atoms with Gasteiger partial charge in [0.25, 0.3) is 0 Å². The van der Waals surface area contributed by atoms with Crippen molar-refractivity contribution < 1.29 is 18.3 Å². The summed E-state index contributed by atoms with van der Waals surface area (Å²) in [7, 11) is -3.37. The average molecular weight is 309 g/mol. The summed E-state index contributed by atoms with van der Waals surface area (Å²) in [5, 5.41) is 8.98. The third kappa shape index (κ3) is 3.63. The highest BCUT2D eigenvalue weighted by molar-refractivity contribution is 7.88. The van der Waals surface area contributed by atoms with Crippen LogP contribution < -0.4 is 0 Å². The lowest BCUT2D eigenvalue weighted by Crippen LogP contribution is -2.35. The fourth-order valence-electron chi connectivity index (χ4n) is 2.49. The first kappa shape index (κ1) is 14.5. The number of carboxylic acids is 1. The molecule has 0 aromatic heterocycles. The molecule has 1 aromatic rings. The van der Waals surface area contributed by atoms with Crippen molar-refractivity contribution in [3.63, 3.8) is 0 Å². The Morgan fingerprint density at radius 3 is 2.52 bits per heavy atom. The number of aromatic carboxylic acids is 1. The standard InChI is InChI=1S/C15H19NO4S/c17-15(18)13-3-1-2-12(8-13)10-21(19,20)16(14-6-7-14)9-11-4-5-11/h1-3,8,11,14H,4-7,9-10H2,(H,17,18). The molecule has 3 rings (SSSR count). The molecule has 0 spiro atoms. The molecule has 2 fully saturated rings. The van der Waals surface area contributed by atoms with Crippen LogP contribution >= 0.6 is 0 Å². The van der Waals surface area contributed by atoms with Crippen LogP contribution in [0.2, 0.25) is 0 Å². The molecule has 5 nitrogen and oxygen atoms in total. The van der Waals surface area contributed by atoms with Crippen molar-refractivity contribution >= 4 is 16.0 Å². The van der Waals surface area contributed by atoms with E-state index < -0.39 is 16.0 Å². The minimum Gasteiger partial charge on any atom is -0.478 e. The van der Waals surface area contributed by atoms with Crippen LogP contribution in [0.5, 0.6) is 0 Å². The van der Waals surface area contributed by atoms with Gasteiger partial charge in [-0.15, -0.1) is 0 Å². The molecule has 0 unspecified atom stereocenters. The van der Waals surface area contributed by atoms with Crippen molar-refractivity contribution in [2.24, 2.45) is 5.92 Å². The monoisotopic (exact) mass is 309 g/mol. The lowest BCUT2D eigenvalue weighted by Gasteiger charge is -2.21. The topological polar surface area (TPSA) is 74.7 Å². The van der Waals surface area contributed by atoms with E-state index in [9.17, 15) is 13.2 Å². The van der Waals surface area contributed by atoms with Crippen molar-refractivity contribution in [2.75, 3.05) is 6.54 Å². The number of nitrogens with zero attached hydrogens (tertiary/aromatic N) is 1. The van der Waals surface area contributed by atoms with E-state index in [1.807, 2.05) is 0 Å². The van der Waals surface area contributed by atoms with E-state index in [-0.39, 0.29) is 17.4 Å². The van der Waals surface area contributed by atoms with E-state index in [4.69, 9.17) is 5.11 Å². The number of hydrogen-bond donors (Lipinski definition) is 1. The fraction of sp³-hybridized carbons (Fsp3) is 0.533. The summed E-state index contributed by atoms with van der Waals surface area (Å²) in [6.07, 6.45) is 4.13. The van der Waals surface area contributed by atoms with Gasteiger partial charge in [-0.05, 0) is 49.3 Å². The summed E-state index contributed by atoms with van der Waals surface area (Å²) in [5.41, 5.74) is 0.666. The predicted molar refractivity (Wildman–Crippen MR) is 78.5 cm³/mol. The molecule has 0 bridgehead atoms. The van der Waals surface area contributed by atoms with Crippen molar-refractivity contribution in [1.82, 2.24) is 4.31 Å². The van der Waals surface area contributed by atoms with E-state index in [1.165, 1.54) is 12.1 Å². The Morgan fingerprint density at radius 1 is 1.24 bits per heavy atom. The summed E-state index contributed by atoms with van der Waals surface area (Å²) >= 11 is 0. The molecular formula is C15H19NO4S. The summed E-state index contributed by atoms with van der Waals surface area (Å²) in [6, 6.07) is 6.35. The Hall–Kier alpha value is -1.40. The van der Waals surface area contributed by atoms with E-state index in [1.54, 1.807) is 16.4 Å². The van der Waals surface area contributed by atoms with E-state index in [0.29, 0.717) is 18.0 Å². The van der Waals surface area contributed by atoms with Crippen LogP contribution in [0.1, 0.15) is 41.6 Å². The largest absolute Gasteiger partial charge is 0.478 e. The first-order valence-electron chi connectivity index (χ1n) is 7.27. The number of carboxylic acid groups (broad SMARTS) is 1. The molecule has 0 heterocycles. The molecule has 0 saturated heterocycles. The normalized spacial score (nSPS) is 18.9. The predicted octanol–water partition coefficient (Wildman–Crippen LogP) is 2.09. The van der Waals surface area contributed by atoms with Crippen molar-refractivity contribution in [3.05, 3.63) is 35.4 Å². The summed E-state index contributed by atoms with van der Waals surface area (Å²) in [4.78, 5) is 11.0. The molecule has 2 aliphatic carbocycles. The van der Waals surface area contributed by atoms with Gasteiger partial charge >= 0.3 is 5.97 Å². The number of hydrogen-bond acceptors (Lipinski definition) is 3.